The predicted octanol–water partition coefficient (Wildman–Crippen LogP) is 6.35. The Labute approximate surface area is 186 Å². The molecule has 150 valence electrons. The molecular formula is C24H22N4S2. The van der Waals surface area contributed by atoms with Crippen LogP contribution in [0.4, 0.5) is 5.69 Å². The van der Waals surface area contributed by atoms with E-state index in [0.717, 1.165) is 33.5 Å². The van der Waals surface area contributed by atoms with Gasteiger partial charge < -0.3 is 5.32 Å². The zero-order valence-electron chi connectivity index (χ0n) is 17.1. The summed E-state index contributed by atoms with van der Waals surface area (Å²) in [4.78, 5) is 0. The van der Waals surface area contributed by atoms with E-state index in [2.05, 4.69) is 83.3 Å². The summed E-state index contributed by atoms with van der Waals surface area (Å²) >= 11 is 7.03. The summed E-state index contributed by atoms with van der Waals surface area (Å²) in [6, 6.07) is 24.7. The smallest absolute Gasteiger partial charge is 0.203 e. The Hall–Kier alpha value is -2.96. The summed E-state index contributed by atoms with van der Waals surface area (Å²) in [5.74, 6) is 0.797. The van der Waals surface area contributed by atoms with Crippen LogP contribution in [-0.2, 0) is 0 Å². The maximum Gasteiger partial charge on any atom is 0.203 e. The van der Waals surface area contributed by atoms with Crippen LogP contribution in [0.15, 0.2) is 78.0 Å². The maximum absolute atomic E-state index is 5.63. The van der Waals surface area contributed by atoms with Crippen molar-refractivity contribution in [3.05, 3.63) is 89.5 Å². The highest BCUT2D eigenvalue weighted by Crippen LogP contribution is 2.30. The van der Waals surface area contributed by atoms with Crippen LogP contribution in [-0.4, -0.2) is 19.1 Å². The first kappa shape index (κ1) is 20.3. The molecule has 0 saturated heterocycles. The first-order valence-corrected chi connectivity index (χ1v) is 10.9. The Morgan fingerprint density at radius 2 is 1.60 bits per heavy atom. The van der Waals surface area contributed by atoms with Gasteiger partial charge >= 0.3 is 0 Å². The Kier molecular flexibility index (Phi) is 5.97. The highest BCUT2D eigenvalue weighted by molar-refractivity contribution is 8.23. The number of rotatable bonds is 4. The Balaban J connectivity index is 1.73. The van der Waals surface area contributed by atoms with Crippen molar-refractivity contribution >= 4 is 34.0 Å². The minimum atomic E-state index is 0.626. The summed E-state index contributed by atoms with van der Waals surface area (Å²) in [6.07, 6.45) is 0. The molecule has 0 atom stereocenters. The van der Waals surface area contributed by atoms with Gasteiger partial charge in [-0.15, -0.1) is 10.2 Å². The van der Waals surface area contributed by atoms with E-state index in [1.54, 1.807) is 0 Å². The van der Waals surface area contributed by atoms with Crippen LogP contribution in [0.5, 0.6) is 0 Å². The lowest BCUT2D eigenvalue weighted by Crippen LogP contribution is -2.08. The highest BCUT2D eigenvalue weighted by Gasteiger charge is 2.18. The number of nitrogens with one attached hydrogen (secondary N) is 1. The van der Waals surface area contributed by atoms with Crippen molar-refractivity contribution in [2.24, 2.45) is 0 Å². The largest absolute Gasteiger partial charge is 0.341 e. The van der Waals surface area contributed by atoms with Crippen molar-refractivity contribution in [3.8, 4) is 17.1 Å². The molecule has 0 saturated carbocycles. The minimum Gasteiger partial charge on any atom is -0.341 e. The average molecular weight is 431 g/mol. The molecule has 4 rings (SSSR count). The number of thioether (sulfide) groups is 1. The van der Waals surface area contributed by atoms with Gasteiger partial charge in [-0.05, 0) is 67.9 Å². The third-order valence-electron chi connectivity index (χ3n) is 4.74. The number of hydrogen-bond acceptors (Lipinski definition) is 4. The second kappa shape index (κ2) is 8.81. The molecule has 0 fully saturated rings. The van der Waals surface area contributed by atoms with E-state index in [1.807, 2.05) is 30.3 Å². The standard InChI is InChI=1S/C24H22N4S2/c1-16-8-6-11-19(14-16)22-26-27-23(28(22)20-12-7-9-17(2)15-20)30-24(29)25-21-13-5-4-10-18(21)3/h4-15H,1-3H3,(H,25,29). The lowest BCUT2D eigenvalue weighted by atomic mass is 10.1. The number of thiocarbonyl (C=S) groups is 1. The van der Waals surface area contributed by atoms with Gasteiger partial charge in [-0.2, -0.15) is 0 Å². The number of aromatic nitrogens is 3. The molecule has 0 amide bonds. The molecule has 0 bridgehead atoms. The first-order chi connectivity index (χ1) is 14.5. The van der Waals surface area contributed by atoms with Gasteiger partial charge in [0.2, 0.25) is 5.16 Å². The Bertz CT molecular complexity index is 1210. The van der Waals surface area contributed by atoms with Gasteiger partial charge in [0.25, 0.3) is 0 Å². The molecular weight excluding hydrogens is 408 g/mol. The number of para-hydroxylation sites is 1. The van der Waals surface area contributed by atoms with Gasteiger partial charge in [0.1, 0.15) is 4.32 Å². The number of aryl methyl sites for hydroxylation is 3. The zero-order valence-corrected chi connectivity index (χ0v) is 18.7. The summed E-state index contributed by atoms with van der Waals surface area (Å²) < 4.78 is 2.69. The van der Waals surface area contributed by atoms with Crippen molar-refractivity contribution in [2.45, 2.75) is 25.9 Å². The van der Waals surface area contributed by atoms with E-state index in [0.29, 0.717) is 4.32 Å². The SMILES string of the molecule is Cc1cccc(-c2nnc(SC(=S)Nc3ccccc3C)n2-c2cccc(C)c2)c1. The maximum atomic E-state index is 5.63. The fourth-order valence-corrected chi connectivity index (χ4v) is 4.26. The normalized spacial score (nSPS) is 10.8. The van der Waals surface area contributed by atoms with E-state index in [1.165, 1.54) is 22.9 Å². The quantitative estimate of drug-likeness (QED) is 0.302. The van der Waals surface area contributed by atoms with Crippen molar-refractivity contribution in [2.75, 3.05) is 5.32 Å². The van der Waals surface area contributed by atoms with E-state index in [4.69, 9.17) is 12.2 Å². The number of anilines is 1. The van der Waals surface area contributed by atoms with Crippen LogP contribution in [0.3, 0.4) is 0 Å². The van der Waals surface area contributed by atoms with Crippen molar-refractivity contribution in [3.63, 3.8) is 0 Å². The average Bonchev–Trinajstić information content (AvgIpc) is 3.13. The minimum absolute atomic E-state index is 0.626. The van der Waals surface area contributed by atoms with Crippen LogP contribution >= 0.6 is 24.0 Å². The van der Waals surface area contributed by atoms with Crippen LogP contribution in [0, 0.1) is 20.8 Å². The van der Waals surface area contributed by atoms with E-state index < -0.39 is 0 Å². The summed E-state index contributed by atoms with van der Waals surface area (Å²) in [5, 5.41) is 13.0. The molecule has 6 heteroatoms. The third kappa shape index (κ3) is 4.45. The van der Waals surface area contributed by atoms with Crippen molar-refractivity contribution in [1.82, 2.24) is 14.8 Å². The summed E-state index contributed by atoms with van der Waals surface area (Å²) in [5.41, 5.74) is 6.52. The second-order valence-corrected chi connectivity index (χ2v) is 8.82. The van der Waals surface area contributed by atoms with Gasteiger partial charge in [-0.25, -0.2) is 0 Å². The van der Waals surface area contributed by atoms with E-state index in [-0.39, 0.29) is 0 Å². The lowest BCUT2D eigenvalue weighted by molar-refractivity contribution is 0.889. The molecule has 0 aliphatic rings. The highest BCUT2D eigenvalue weighted by atomic mass is 32.2. The zero-order chi connectivity index (χ0) is 21.1. The molecule has 0 unspecified atom stereocenters. The molecule has 0 radical (unpaired) electrons. The van der Waals surface area contributed by atoms with Crippen LogP contribution in [0.2, 0.25) is 0 Å². The number of nitrogens with zero attached hydrogens (tertiary/aromatic N) is 3. The number of benzene rings is 3. The van der Waals surface area contributed by atoms with Gasteiger partial charge in [-0.1, -0.05) is 66.3 Å². The monoisotopic (exact) mass is 430 g/mol. The second-order valence-electron chi connectivity index (χ2n) is 7.18. The molecule has 0 aliphatic carbocycles. The van der Waals surface area contributed by atoms with Crippen molar-refractivity contribution < 1.29 is 0 Å². The lowest BCUT2D eigenvalue weighted by Gasteiger charge is -2.13. The molecule has 1 heterocycles. The summed E-state index contributed by atoms with van der Waals surface area (Å²) in [6.45, 7) is 6.21. The third-order valence-corrected chi connectivity index (χ3v) is 5.82. The molecule has 30 heavy (non-hydrogen) atoms. The Morgan fingerprint density at radius 3 is 2.33 bits per heavy atom. The molecule has 3 aromatic carbocycles. The van der Waals surface area contributed by atoms with Crippen molar-refractivity contribution in [1.29, 1.82) is 0 Å². The molecule has 0 aliphatic heterocycles. The molecule has 1 aromatic heterocycles. The van der Waals surface area contributed by atoms with Gasteiger partial charge in [0.15, 0.2) is 5.82 Å². The molecule has 4 nitrogen and oxygen atoms in total. The van der Waals surface area contributed by atoms with Crippen LogP contribution in [0.25, 0.3) is 17.1 Å². The first-order valence-electron chi connectivity index (χ1n) is 9.65. The van der Waals surface area contributed by atoms with Gasteiger partial charge in [-0.3, -0.25) is 4.57 Å². The van der Waals surface area contributed by atoms with Gasteiger partial charge in [0, 0.05) is 11.3 Å². The molecule has 4 aromatic rings. The topological polar surface area (TPSA) is 42.7 Å². The summed E-state index contributed by atoms with van der Waals surface area (Å²) in [7, 11) is 0. The van der Waals surface area contributed by atoms with Gasteiger partial charge in [0.05, 0.1) is 5.69 Å². The van der Waals surface area contributed by atoms with Crippen LogP contribution < -0.4 is 5.32 Å². The number of hydrogen-bond donors (Lipinski definition) is 1. The Morgan fingerprint density at radius 1 is 0.867 bits per heavy atom. The fourth-order valence-electron chi connectivity index (χ4n) is 3.24. The fraction of sp³-hybridized carbons (Fsp3) is 0.125. The van der Waals surface area contributed by atoms with E-state index >= 15 is 0 Å². The predicted molar refractivity (Wildman–Crippen MR) is 130 cm³/mol. The molecule has 1 N–H and O–H groups in total. The molecule has 0 spiro atoms. The van der Waals surface area contributed by atoms with Crippen LogP contribution in [0.1, 0.15) is 16.7 Å². The van der Waals surface area contributed by atoms with E-state index in [9.17, 15) is 0 Å².